The number of aromatic nitrogens is 1. The van der Waals surface area contributed by atoms with E-state index >= 15 is 0 Å². The van der Waals surface area contributed by atoms with Crippen molar-refractivity contribution in [1.29, 1.82) is 5.26 Å². The minimum absolute atomic E-state index is 0.201. The number of carbonyl (C=O) groups excluding carboxylic acids is 1. The maximum Gasteiger partial charge on any atom is 0.269 e. The maximum absolute atomic E-state index is 12.2. The maximum atomic E-state index is 12.2. The van der Waals surface area contributed by atoms with Gasteiger partial charge in [-0.15, -0.1) is 0 Å². The van der Waals surface area contributed by atoms with Gasteiger partial charge < -0.3 is 16.4 Å². The first-order valence-corrected chi connectivity index (χ1v) is 7.27. The first-order chi connectivity index (χ1) is 10.1. The predicted octanol–water partition coefficient (Wildman–Crippen LogP) is 2.67. The topological polar surface area (TPSA) is 104 Å². The van der Waals surface area contributed by atoms with Gasteiger partial charge in [-0.2, -0.15) is 5.26 Å². The summed E-state index contributed by atoms with van der Waals surface area (Å²) in [6.07, 6.45) is 0.960. The molecule has 1 amide bonds. The molecular formula is C14H15N5OS. The third-order valence-corrected chi connectivity index (χ3v) is 3.66. The van der Waals surface area contributed by atoms with Crippen molar-refractivity contribution in [3.8, 4) is 6.07 Å². The van der Waals surface area contributed by atoms with Crippen molar-refractivity contribution in [1.82, 2.24) is 4.98 Å². The zero-order chi connectivity index (χ0) is 15.2. The van der Waals surface area contributed by atoms with Gasteiger partial charge in [-0.25, -0.2) is 4.98 Å². The van der Waals surface area contributed by atoms with Crippen LogP contribution in [0.1, 0.15) is 28.6 Å². The largest absolute Gasteiger partial charge is 0.382 e. The van der Waals surface area contributed by atoms with Crippen LogP contribution in [0, 0.1) is 11.3 Å². The van der Waals surface area contributed by atoms with Crippen LogP contribution in [0.3, 0.4) is 0 Å². The minimum atomic E-state index is -0.329. The van der Waals surface area contributed by atoms with Crippen LogP contribution in [0.25, 0.3) is 0 Å². The molecule has 108 valence electrons. The Balaban J connectivity index is 2.13. The Kier molecular flexibility index (Phi) is 4.74. The van der Waals surface area contributed by atoms with E-state index in [9.17, 15) is 4.79 Å². The normalized spacial score (nSPS) is 9.90. The SMILES string of the molecule is CCCNc1nc(N)c(C(=O)Nc2cccc(C#N)c2)s1. The van der Waals surface area contributed by atoms with Crippen LogP contribution >= 0.6 is 11.3 Å². The highest BCUT2D eigenvalue weighted by Crippen LogP contribution is 2.26. The second kappa shape index (κ2) is 6.72. The number of nitrogens with two attached hydrogens (primary N) is 1. The molecule has 0 radical (unpaired) electrons. The van der Waals surface area contributed by atoms with Gasteiger partial charge >= 0.3 is 0 Å². The predicted molar refractivity (Wildman–Crippen MR) is 84.4 cm³/mol. The van der Waals surface area contributed by atoms with Crippen molar-refractivity contribution >= 4 is 33.9 Å². The van der Waals surface area contributed by atoms with Crippen molar-refractivity contribution < 1.29 is 4.79 Å². The summed E-state index contributed by atoms with van der Waals surface area (Å²) in [5.74, 6) is -0.128. The van der Waals surface area contributed by atoms with E-state index < -0.39 is 0 Å². The number of nitrogen functional groups attached to an aromatic ring is 1. The van der Waals surface area contributed by atoms with Crippen molar-refractivity contribution in [3.63, 3.8) is 0 Å². The lowest BCUT2D eigenvalue weighted by molar-refractivity contribution is 0.103. The monoisotopic (exact) mass is 301 g/mol. The first kappa shape index (κ1) is 14.8. The van der Waals surface area contributed by atoms with Crippen LogP contribution < -0.4 is 16.4 Å². The highest BCUT2D eigenvalue weighted by atomic mass is 32.1. The standard InChI is InChI=1S/C14H15N5OS/c1-2-6-17-14-19-12(16)11(21-14)13(20)18-10-5-3-4-9(7-10)8-15/h3-5,7H,2,6,16H2,1H3,(H,17,19)(H,18,20). The molecule has 6 nitrogen and oxygen atoms in total. The quantitative estimate of drug-likeness (QED) is 0.787. The number of hydrogen-bond donors (Lipinski definition) is 3. The minimum Gasteiger partial charge on any atom is -0.382 e. The second-order valence-electron chi connectivity index (χ2n) is 4.31. The lowest BCUT2D eigenvalue weighted by atomic mass is 10.2. The Morgan fingerprint density at radius 2 is 2.33 bits per heavy atom. The number of carbonyl (C=O) groups is 1. The molecule has 7 heteroatoms. The third-order valence-electron chi connectivity index (χ3n) is 2.64. The fraction of sp³-hybridized carbons (Fsp3) is 0.214. The number of nitrogens with zero attached hydrogens (tertiary/aromatic N) is 2. The van der Waals surface area contributed by atoms with Gasteiger partial charge in [0.15, 0.2) is 5.13 Å². The van der Waals surface area contributed by atoms with Crippen molar-refractivity contribution in [3.05, 3.63) is 34.7 Å². The van der Waals surface area contributed by atoms with Crippen molar-refractivity contribution in [2.24, 2.45) is 0 Å². The average molecular weight is 301 g/mol. The molecule has 2 aromatic rings. The van der Waals surface area contributed by atoms with E-state index in [1.165, 1.54) is 11.3 Å². The molecule has 1 aromatic heterocycles. The summed E-state index contributed by atoms with van der Waals surface area (Å²) in [5.41, 5.74) is 6.80. The summed E-state index contributed by atoms with van der Waals surface area (Å²) < 4.78 is 0. The number of thiazole rings is 1. The van der Waals surface area contributed by atoms with Gasteiger partial charge in [0, 0.05) is 12.2 Å². The Morgan fingerprint density at radius 1 is 1.52 bits per heavy atom. The van der Waals surface area contributed by atoms with Gasteiger partial charge in [-0.3, -0.25) is 4.79 Å². The van der Waals surface area contributed by atoms with Gasteiger partial charge in [0.05, 0.1) is 11.6 Å². The zero-order valence-electron chi connectivity index (χ0n) is 11.5. The molecule has 0 spiro atoms. The molecule has 0 aliphatic carbocycles. The molecule has 0 saturated heterocycles. The van der Waals surface area contributed by atoms with Gasteiger partial charge in [0.2, 0.25) is 0 Å². The van der Waals surface area contributed by atoms with Gasteiger partial charge in [-0.05, 0) is 24.6 Å². The molecule has 21 heavy (non-hydrogen) atoms. The number of anilines is 3. The lowest BCUT2D eigenvalue weighted by Gasteiger charge is -2.03. The highest BCUT2D eigenvalue weighted by molar-refractivity contribution is 7.18. The Hall–Kier alpha value is -2.59. The van der Waals surface area contributed by atoms with E-state index in [-0.39, 0.29) is 11.7 Å². The summed E-state index contributed by atoms with van der Waals surface area (Å²) in [7, 11) is 0. The van der Waals surface area contributed by atoms with Crippen LogP contribution in [0.15, 0.2) is 24.3 Å². The number of nitriles is 1. The zero-order valence-corrected chi connectivity index (χ0v) is 12.3. The van der Waals surface area contributed by atoms with Crippen LogP contribution in [0.4, 0.5) is 16.6 Å². The fourth-order valence-corrected chi connectivity index (χ4v) is 2.46. The third kappa shape index (κ3) is 3.70. The number of benzene rings is 1. The summed E-state index contributed by atoms with van der Waals surface area (Å²) >= 11 is 1.21. The van der Waals surface area contributed by atoms with Gasteiger partial charge in [0.1, 0.15) is 10.7 Å². The molecule has 1 aromatic carbocycles. The van der Waals surface area contributed by atoms with Crippen LogP contribution in [-0.4, -0.2) is 17.4 Å². The van der Waals surface area contributed by atoms with Crippen LogP contribution in [0.2, 0.25) is 0 Å². The molecular weight excluding hydrogens is 286 g/mol. The average Bonchev–Trinajstić information content (AvgIpc) is 2.86. The van der Waals surface area contributed by atoms with Crippen molar-refractivity contribution in [2.45, 2.75) is 13.3 Å². The molecule has 0 atom stereocenters. The van der Waals surface area contributed by atoms with Crippen LogP contribution in [-0.2, 0) is 0 Å². The summed E-state index contributed by atoms with van der Waals surface area (Å²) in [5, 5.41) is 15.3. The summed E-state index contributed by atoms with van der Waals surface area (Å²) in [6.45, 7) is 2.82. The molecule has 2 rings (SSSR count). The molecule has 4 N–H and O–H groups in total. The number of hydrogen-bond acceptors (Lipinski definition) is 6. The number of amides is 1. The Morgan fingerprint density at radius 3 is 3.05 bits per heavy atom. The molecule has 0 fully saturated rings. The van der Waals surface area contributed by atoms with E-state index in [4.69, 9.17) is 11.0 Å². The lowest BCUT2D eigenvalue weighted by Crippen LogP contribution is -2.12. The Bertz CT molecular complexity index is 689. The van der Waals surface area contributed by atoms with E-state index in [1.54, 1.807) is 24.3 Å². The van der Waals surface area contributed by atoms with Gasteiger partial charge in [0.25, 0.3) is 5.91 Å². The summed E-state index contributed by atoms with van der Waals surface area (Å²) in [4.78, 5) is 16.7. The van der Waals surface area contributed by atoms with E-state index in [2.05, 4.69) is 15.6 Å². The fourth-order valence-electron chi connectivity index (χ4n) is 1.66. The summed E-state index contributed by atoms with van der Waals surface area (Å²) in [6, 6.07) is 8.72. The number of nitrogens with one attached hydrogen (secondary N) is 2. The Labute approximate surface area is 126 Å². The number of rotatable bonds is 5. The highest BCUT2D eigenvalue weighted by Gasteiger charge is 2.16. The van der Waals surface area contributed by atoms with Crippen molar-refractivity contribution in [2.75, 3.05) is 22.9 Å². The smallest absolute Gasteiger partial charge is 0.269 e. The molecule has 0 aliphatic heterocycles. The molecule has 0 unspecified atom stereocenters. The van der Waals surface area contributed by atoms with Crippen LogP contribution in [0.5, 0.6) is 0 Å². The molecule has 0 aliphatic rings. The molecule has 0 saturated carbocycles. The first-order valence-electron chi connectivity index (χ1n) is 6.45. The molecule has 0 bridgehead atoms. The van der Waals surface area contributed by atoms with Gasteiger partial charge in [-0.1, -0.05) is 24.3 Å². The van der Waals surface area contributed by atoms with E-state index in [1.807, 2.05) is 13.0 Å². The van der Waals surface area contributed by atoms with E-state index in [0.29, 0.717) is 21.3 Å². The second-order valence-corrected chi connectivity index (χ2v) is 5.31. The molecule has 1 heterocycles. The van der Waals surface area contributed by atoms with E-state index in [0.717, 1.165) is 13.0 Å².